The first-order chi connectivity index (χ1) is 2.00. The van der Waals surface area contributed by atoms with Gasteiger partial charge < -0.3 is 0 Å². The minimum absolute atomic E-state index is 0.611. The third kappa shape index (κ3) is 20.6. The van der Waals surface area contributed by atoms with Gasteiger partial charge in [0.2, 0.25) is 0 Å². The van der Waals surface area contributed by atoms with Crippen molar-refractivity contribution < 1.29 is 0 Å². The molecule has 0 aliphatic carbocycles. The summed E-state index contributed by atoms with van der Waals surface area (Å²) < 4.78 is -0.611. The summed E-state index contributed by atoms with van der Waals surface area (Å²) in [5.41, 5.74) is 0. The molecule has 0 nitrogen and oxygen atoms in total. The Morgan fingerprint density at radius 2 is 0.800 bits per heavy atom. The molecule has 0 unspecified atom stereocenters. The zero-order chi connectivity index (χ0) is 4.50. The van der Waals surface area contributed by atoms with Gasteiger partial charge in [-0.1, -0.05) is 0 Å². The van der Waals surface area contributed by atoms with Crippen molar-refractivity contribution in [3.05, 3.63) is 0 Å². The van der Waals surface area contributed by atoms with Gasteiger partial charge in [0.15, 0.2) is 0 Å². The van der Waals surface area contributed by atoms with Crippen LogP contribution in [-0.2, 0) is 0 Å². The Bertz CT molecular complexity index is 19.1. The first-order valence-electron chi connectivity index (χ1n) is 2.00. The molecular weight excluding hydrogens is 55.9 g/mol. The van der Waals surface area contributed by atoms with Crippen LogP contribution in [0.1, 0.15) is 0 Å². The molecule has 0 radical (unpaired) electrons. The molecule has 0 saturated carbocycles. The topological polar surface area (TPSA) is 0 Å². The summed E-state index contributed by atoms with van der Waals surface area (Å²) in [6.07, 6.45) is 0. The van der Waals surface area contributed by atoms with E-state index >= 15 is 0 Å². The third-order valence-electron chi connectivity index (χ3n) is 0. The third-order valence-corrected chi connectivity index (χ3v) is 0. The summed E-state index contributed by atoms with van der Waals surface area (Å²) >= 11 is 9.31. The fraction of sp³-hybridized carbons (Fsp3) is 0. The van der Waals surface area contributed by atoms with E-state index in [0.717, 1.165) is 0 Å². The molecule has 0 N–H and O–H groups in total. The molecule has 8 valence electrons. The summed E-state index contributed by atoms with van der Waals surface area (Å²) in [5.74, 6) is 0. The molecule has 0 aliphatic heterocycles. The van der Waals surface area contributed by atoms with Crippen LogP contribution in [0.25, 0.3) is 0 Å². The van der Waals surface area contributed by atoms with Crippen LogP contribution in [0.4, 0.5) is 0 Å². The number of rotatable bonds is 0. The van der Waals surface area contributed by atoms with E-state index < -0.39 is 1.37 Å². The molecule has 0 aliphatic rings. The molecule has 0 aromatic rings. The van der Waals surface area contributed by atoms with Gasteiger partial charge in [-0.25, -0.2) is 0 Å². The van der Waals surface area contributed by atoms with Crippen molar-refractivity contribution in [1.29, 1.82) is 0 Å². The monoisotopic (exact) mass is 56.0 g/mol. The maximum absolute atomic E-state index is 2.33. The summed E-state index contributed by atoms with van der Waals surface area (Å²) in [5, 5.41) is 0. The molecule has 0 aromatic carbocycles. The van der Waals surface area contributed by atoms with Crippen molar-refractivity contribution in [3.8, 4) is 0 Å². The van der Waals surface area contributed by atoms with Crippen molar-refractivity contribution in [1.82, 2.24) is 0 Å². The Balaban J connectivity index is 3.02. The first-order valence-corrected chi connectivity index (χ1v) is 6.00. The fourth-order valence-corrected chi connectivity index (χ4v) is 0. The van der Waals surface area contributed by atoms with E-state index in [1.54, 1.807) is 0 Å². The van der Waals surface area contributed by atoms with Gasteiger partial charge in [-0.15, -0.1) is 0 Å². The molecule has 0 bridgehead atoms. The fourth-order valence-electron chi connectivity index (χ4n) is 0. The molecule has 5 heavy (non-hydrogen) atoms. The molecule has 0 rings (SSSR count). The predicted octanol–water partition coefficient (Wildman–Crippen LogP) is -1.90. The Morgan fingerprint density at radius 3 is 0.800 bits per heavy atom. The van der Waals surface area contributed by atoms with Crippen molar-refractivity contribution in [2.75, 3.05) is 0 Å². The van der Waals surface area contributed by atoms with Crippen LogP contribution < -0.4 is 0 Å². The van der Waals surface area contributed by atoms with Crippen LogP contribution in [0.15, 0.2) is 0 Å². The Morgan fingerprint density at radius 1 is 0.800 bits per heavy atom. The SMILES string of the molecule is [Li][Si]([Li])([Li])[Li]. The Labute approximate surface area is 68.4 Å². The van der Waals surface area contributed by atoms with Gasteiger partial charge in [0.25, 0.3) is 0 Å². The second-order valence-corrected chi connectivity index (χ2v) is 9.00. The van der Waals surface area contributed by atoms with E-state index in [0.29, 0.717) is 0 Å². The minimum atomic E-state index is -0.611. The number of hydrogen-bond acceptors (Lipinski definition) is 0. The van der Waals surface area contributed by atoms with Gasteiger partial charge in [0.05, 0.1) is 0 Å². The first kappa shape index (κ1) is 7.61. The molecular formula is Li4Si. The van der Waals surface area contributed by atoms with Gasteiger partial charge in [0, 0.05) is 0 Å². The summed E-state index contributed by atoms with van der Waals surface area (Å²) in [4.78, 5) is 0. The molecule has 0 spiro atoms. The summed E-state index contributed by atoms with van der Waals surface area (Å²) in [6, 6.07) is 0. The van der Waals surface area contributed by atoms with Crippen LogP contribution >= 0.6 is 0 Å². The predicted molar refractivity (Wildman–Crippen MR) is 28.8 cm³/mol. The normalized spacial score (nSPS) is 12.8. The maximum atomic E-state index is 2.33. The van der Waals surface area contributed by atoms with Crippen LogP contribution in [0, 0.1) is 0 Å². The van der Waals surface area contributed by atoms with Crippen molar-refractivity contribution in [2.24, 2.45) is 0 Å². The standard InChI is InChI=1S/4Li.Si. The second-order valence-electron chi connectivity index (χ2n) is 3.00. The van der Waals surface area contributed by atoms with Gasteiger partial charge >= 0.3 is 69.5 Å². The molecule has 5 heteroatoms. The van der Waals surface area contributed by atoms with Gasteiger partial charge in [-0.05, 0) is 0 Å². The molecule has 0 fully saturated rings. The molecule has 0 heterocycles. The van der Waals surface area contributed by atoms with Gasteiger partial charge in [-0.3, -0.25) is 0 Å². The zero-order valence-electron chi connectivity index (χ0n) is 4.50. The van der Waals surface area contributed by atoms with Crippen LogP contribution in [0.3, 0.4) is 0 Å². The van der Waals surface area contributed by atoms with Crippen LogP contribution in [0.5, 0.6) is 0 Å². The van der Waals surface area contributed by atoms with E-state index in [4.69, 9.17) is 0 Å². The van der Waals surface area contributed by atoms with Crippen molar-refractivity contribution in [2.45, 2.75) is 0 Å². The number of hydrogen-bond donors (Lipinski definition) is 0. The van der Waals surface area contributed by atoms with Crippen molar-refractivity contribution in [3.63, 3.8) is 0 Å². The van der Waals surface area contributed by atoms with E-state index in [1.807, 2.05) is 0 Å². The summed E-state index contributed by atoms with van der Waals surface area (Å²) in [6.45, 7) is 0. The van der Waals surface area contributed by atoms with E-state index in [-0.39, 0.29) is 0 Å². The van der Waals surface area contributed by atoms with E-state index in [1.165, 1.54) is 0 Å². The molecule has 0 atom stereocenters. The van der Waals surface area contributed by atoms with Crippen LogP contribution in [-0.4, -0.2) is 69.5 Å². The molecule has 0 saturated heterocycles. The average Bonchev–Trinajstić information content (AvgIpc) is 0.722. The quantitative estimate of drug-likeness (QED) is 0.284. The molecule has 0 amide bonds. The van der Waals surface area contributed by atoms with Gasteiger partial charge in [0.1, 0.15) is 0 Å². The Hall–Kier alpha value is 2.61. The molecule has 0 aromatic heterocycles. The van der Waals surface area contributed by atoms with Crippen molar-refractivity contribution >= 4 is 69.5 Å². The second kappa shape index (κ2) is 2.80. The summed E-state index contributed by atoms with van der Waals surface area (Å²) in [7, 11) is 0. The average molecular weight is 55.9 g/mol. The zero-order valence-corrected chi connectivity index (χ0v) is 5.50. The van der Waals surface area contributed by atoms with E-state index in [2.05, 4.69) is 68.1 Å². The Kier molecular flexibility index (Phi) is 4.26. The van der Waals surface area contributed by atoms with Crippen LogP contribution in [0.2, 0.25) is 0 Å². The van der Waals surface area contributed by atoms with Gasteiger partial charge in [-0.2, -0.15) is 0 Å². The van der Waals surface area contributed by atoms with E-state index in [9.17, 15) is 0 Å².